The van der Waals surface area contributed by atoms with E-state index in [2.05, 4.69) is 10.6 Å². The van der Waals surface area contributed by atoms with Crippen molar-refractivity contribution in [1.82, 2.24) is 10.6 Å². The minimum absolute atomic E-state index is 0.240. The van der Waals surface area contributed by atoms with Crippen LogP contribution in [0.1, 0.15) is 27.7 Å². The SMILES string of the molecule is CC(Oc1ccc(Cl)cc1Cl)C(=O)OCC(=O)NC(=O)NC(C)(C)C. The van der Waals surface area contributed by atoms with Gasteiger partial charge in [0.15, 0.2) is 12.7 Å². The second kappa shape index (κ2) is 8.92. The summed E-state index contributed by atoms with van der Waals surface area (Å²) < 4.78 is 10.2. The molecule has 1 unspecified atom stereocenters. The second-order valence-electron chi connectivity index (χ2n) is 6.19. The van der Waals surface area contributed by atoms with E-state index in [0.29, 0.717) is 5.02 Å². The molecule has 9 heteroatoms. The molecule has 0 heterocycles. The smallest absolute Gasteiger partial charge is 0.347 e. The third kappa shape index (κ3) is 8.09. The first-order valence-corrected chi connectivity index (χ1v) is 8.14. The number of nitrogens with one attached hydrogen (secondary N) is 2. The van der Waals surface area contributed by atoms with Gasteiger partial charge in [-0.3, -0.25) is 10.1 Å². The highest BCUT2D eigenvalue weighted by Gasteiger charge is 2.20. The van der Waals surface area contributed by atoms with Gasteiger partial charge in [0.05, 0.1) is 5.02 Å². The van der Waals surface area contributed by atoms with Crippen LogP contribution in [0.5, 0.6) is 5.75 Å². The van der Waals surface area contributed by atoms with E-state index in [1.807, 2.05) is 0 Å². The molecular weight excluding hydrogens is 371 g/mol. The number of ether oxygens (including phenoxy) is 2. The fraction of sp³-hybridized carbons (Fsp3) is 0.438. The lowest BCUT2D eigenvalue weighted by Crippen LogP contribution is -2.49. The van der Waals surface area contributed by atoms with E-state index in [-0.39, 0.29) is 10.8 Å². The minimum Gasteiger partial charge on any atom is -0.477 e. The van der Waals surface area contributed by atoms with E-state index in [4.69, 9.17) is 32.7 Å². The number of halogens is 2. The molecule has 0 spiro atoms. The predicted octanol–water partition coefficient (Wildman–Crippen LogP) is 2.93. The molecule has 2 N–H and O–H groups in total. The van der Waals surface area contributed by atoms with Crippen molar-refractivity contribution in [2.75, 3.05) is 6.61 Å². The molecule has 138 valence electrons. The van der Waals surface area contributed by atoms with Crippen LogP contribution in [0.4, 0.5) is 4.79 Å². The first-order valence-electron chi connectivity index (χ1n) is 7.38. The molecule has 25 heavy (non-hydrogen) atoms. The van der Waals surface area contributed by atoms with E-state index in [9.17, 15) is 14.4 Å². The average Bonchev–Trinajstić information content (AvgIpc) is 2.45. The highest BCUT2D eigenvalue weighted by molar-refractivity contribution is 6.35. The van der Waals surface area contributed by atoms with Gasteiger partial charge in [-0.2, -0.15) is 0 Å². The van der Waals surface area contributed by atoms with Gasteiger partial charge in [-0.15, -0.1) is 0 Å². The fourth-order valence-electron chi connectivity index (χ4n) is 1.60. The molecule has 3 amide bonds. The van der Waals surface area contributed by atoms with Gasteiger partial charge in [-0.25, -0.2) is 9.59 Å². The Morgan fingerprint density at radius 1 is 1.20 bits per heavy atom. The maximum Gasteiger partial charge on any atom is 0.347 e. The van der Waals surface area contributed by atoms with Crippen molar-refractivity contribution in [2.45, 2.75) is 39.3 Å². The highest BCUT2D eigenvalue weighted by Crippen LogP contribution is 2.28. The Kier molecular flexibility index (Phi) is 7.51. The summed E-state index contributed by atoms with van der Waals surface area (Å²) in [4.78, 5) is 35.0. The molecule has 0 saturated carbocycles. The van der Waals surface area contributed by atoms with E-state index >= 15 is 0 Å². The molecular formula is C16H20Cl2N2O5. The molecule has 1 rings (SSSR count). The Balaban J connectivity index is 2.45. The molecule has 1 atom stereocenters. The summed E-state index contributed by atoms with van der Waals surface area (Å²) in [7, 11) is 0. The number of carbonyl (C=O) groups excluding carboxylic acids is 3. The van der Waals surface area contributed by atoms with Crippen LogP contribution in [0.25, 0.3) is 0 Å². The molecule has 0 fully saturated rings. The molecule has 0 aliphatic heterocycles. The topological polar surface area (TPSA) is 93.7 Å². The Labute approximate surface area is 155 Å². The maximum atomic E-state index is 11.8. The first kappa shape index (κ1) is 21.1. The summed E-state index contributed by atoms with van der Waals surface area (Å²) in [6, 6.07) is 3.86. The molecule has 0 bridgehead atoms. The Hall–Kier alpha value is -1.99. The van der Waals surface area contributed by atoms with Crippen molar-refractivity contribution < 1.29 is 23.9 Å². The number of hydrogen-bond donors (Lipinski definition) is 2. The number of esters is 1. The maximum absolute atomic E-state index is 11.8. The summed E-state index contributed by atoms with van der Waals surface area (Å²) in [5.41, 5.74) is -0.499. The van der Waals surface area contributed by atoms with Gasteiger partial charge in [0.25, 0.3) is 5.91 Å². The van der Waals surface area contributed by atoms with E-state index in [1.165, 1.54) is 19.1 Å². The summed E-state index contributed by atoms with van der Waals surface area (Å²) in [6.07, 6.45) is -1.00. The molecule has 7 nitrogen and oxygen atoms in total. The molecule has 0 aliphatic rings. The number of urea groups is 1. The molecule has 0 aliphatic carbocycles. The van der Waals surface area contributed by atoms with Crippen LogP contribution in [0, 0.1) is 0 Å². The fourth-order valence-corrected chi connectivity index (χ4v) is 2.05. The summed E-state index contributed by atoms with van der Waals surface area (Å²) in [5, 5.41) is 5.26. The van der Waals surface area contributed by atoms with Gasteiger partial charge in [0.1, 0.15) is 5.75 Å². The summed E-state index contributed by atoms with van der Waals surface area (Å²) >= 11 is 11.7. The van der Waals surface area contributed by atoms with Crippen LogP contribution >= 0.6 is 23.2 Å². The lowest BCUT2D eigenvalue weighted by Gasteiger charge is -2.20. The van der Waals surface area contributed by atoms with E-state index in [0.717, 1.165) is 0 Å². The summed E-state index contributed by atoms with van der Waals surface area (Å²) in [5.74, 6) is -1.28. The largest absolute Gasteiger partial charge is 0.477 e. The number of carbonyl (C=O) groups is 3. The van der Waals surface area contributed by atoms with Crippen molar-refractivity contribution >= 4 is 41.1 Å². The van der Waals surface area contributed by atoms with Gasteiger partial charge in [-0.05, 0) is 45.9 Å². The van der Waals surface area contributed by atoms with Crippen molar-refractivity contribution in [2.24, 2.45) is 0 Å². The normalized spacial score (nSPS) is 12.1. The van der Waals surface area contributed by atoms with Gasteiger partial charge in [-0.1, -0.05) is 23.2 Å². The van der Waals surface area contributed by atoms with Crippen LogP contribution in [0.3, 0.4) is 0 Å². The highest BCUT2D eigenvalue weighted by atomic mass is 35.5. The third-order valence-corrected chi connectivity index (χ3v) is 3.15. The molecule has 0 saturated heterocycles. The quantitative estimate of drug-likeness (QED) is 0.753. The first-order chi connectivity index (χ1) is 11.5. The lowest BCUT2D eigenvalue weighted by atomic mass is 10.1. The number of hydrogen-bond acceptors (Lipinski definition) is 5. The minimum atomic E-state index is -1.00. The van der Waals surface area contributed by atoms with Crippen molar-refractivity contribution in [3.63, 3.8) is 0 Å². The number of benzene rings is 1. The van der Waals surface area contributed by atoms with Crippen molar-refractivity contribution in [3.05, 3.63) is 28.2 Å². The number of amides is 3. The molecule has 1 aromatic carbocycles. The van der Waals surface area contributed by atoms with Crippen molar-refractivity contribution in [3.8, 4) is 5.75 Å². The van der Waals surface area contributed by atoms with E-state index < -0.39 is 36.2 Å². The van der Waals surface area contributed by atoms with Crippen molar-refractivity contribution in [1.29, 1.82) is 0 Å². The average molecular weight is 391 g/mol. The monoisotopic (exact) mass is 390 g/mol. The molecule has 1 aromatic rings. The van der Waals surface area contributed by atoms with E-state index in [1.54, 1.807) is 26.8 Å². The van der Waals surface area contributed by atoms with Crippen LogP contribution in [0.2, 0.25) is 10.0 Å². The predicted molar refractivity (Wildman–Crippen MR) is 93.9 cm³/mol. The van der Waals surface area contributed by atoms with Gasteiger partial charge < -0.3 is 14.8 Å². The van der Waals surface area contributed by atoms with Crippen LogP contribution in [0.15, 0.2) is 18.2 Å². The zero-order valence-corrected chi connectivity index (χ0v) is 15.8. The van der Waals surface area contributed by atoms with Crippen LogP contribution in [-0.4, -0.2) is 36.2 Å². The lowest BCUT2D eigenvalue weighted by molar-refractivity contribution is -0.154. The van der Waals surface area contributed by atoms with Gasteiger partial charge in [0.2, 0.25) is 0 Å². The Morgan fingerprint density at radius 2 is 1.84 bits per heavy atom. The Morgan fingerprint density at radius 3 is 2.40 bits per heavy atom. The molecule has 0 aromatic heterocycles. The zero-order valence-electron chi connectivity index (χ0n) is 14.3. The third-order valence-electron chi connectivity index (χ3n) is 2.62. The molecule has 0 radical (unpaired) electrons. The van der Waals surface area contributed by atoms with Gasteiger partial charge in [0, 0.05) is 10.6 Å². The number of rotatable bonds is 5. The summed E-state index contributed by atoms with van der Waals surface area (Å²) in [6.45, 7) is 6.11. The van der Waals surface area contributed by atoms with Gasteiger partial charge >= 0.3 is 12.0 Å². The second-order valence-corrected chi connectivity index (χ2v) is 7.04. The zero-order chi connectivity index (χ0) is 19.2. The van der Waals surface area contributed by atoms with Crippen LogP contribution in [-0.2, 0) is 14.3 Å². The Bertz CT molecular complexity index is 658. The number of imide groups is 1. The standard InChI is InChI=1S/C16H20Cl2N2O5/c1-9(25-12-6-5-10(17)7-11(12)18)14(22)24-8-13(21)19-15(23)20-16(2,3)4/h5-7,9H,8H2,1-4H3,(H2,19,20,21,23). The van der Waals surface area contributed by atoms with Crippen LogP contribution < -0.4 is 15.4 Å².